The van der Waals surface area contributed by atoms with Crippen LogP contribution in [0.5, 0.6) is 0 Å². The van der Waals surface area contributed by atoms with Crippen molar-refractivity contribution in [3.05, 3.63) is 83.2 Å². The van der Waals surface area contributed by atoms with Crippen LogP contribution in [0.1, 0.15) is 48.0 Å². The summed E-state index contributed by atoms with van der Waals surface area (Å²) in [6, 6.07) is 6.66. The molecule has 0 aliphatic carbocycles. The predicted molar refractivity (Wildman–Crippen MR) is 113 cm³/mol. The number of rotatable bonds is 4. The number of hydrogen-bond donors (Lipinski definition) is 0. The SMILES string of the molecule is CC(C)(c1cccc(-n2[c-]nc(C(F)(F)F)c2C(F)(F)F)n1)c1cccc(-n2[c-]nc(C(F)(F)F)c2C(F)(F)F)n1.[Pt+2]. The standard InChI is InChI=1S/C23H12F12N6.Pt/c1-19(2,11-5-3-7-13(38-11)40-9-36-15(20(24,25)26)17(40)22(30,31)32)12-6-4-8-14(39-12)41-10-37-16(21(27,28)29)18(41)23(33,34)35;/h3-8H,1-2H3;/q-2;+2. The molecular weight excluding hydrogens is 783 g/mol. The summed E-state index contributed by atoms with van der Waals surface area (Å²) in [5.74, 6) is -1.36. The van der Waals surface area contributed by atoms with Crippen LogP contribution in [0.25, 0.3) is 11.6 Å². The van der Waals surface area contributed by atoms with E-state index in [0.717, 1.165) is 24.3 Å². The van der Waals surface area contributed by atoms with Crippen molar-refractivity contribution in [1.82, 2.24) is 29.1 Å². The van der Waals surface area contributed by atoms with E-state index < -0.39 is 64.5 Å². The Morgan fingerprint density at radius 2 is 0.881 bits per heavy atom. The van der Waals surface area contributed by atoms with Gasteiger partial charge in [-0.3, -0.25) is 9.97 Å². The molecule has 19 heteroatoms. The van der Waals surface area contributed by atoms with Crippen molar-refractivity contribution in [3.8, 4) is 11.6 Å². The van der Waals surface area contributed by atoms with Gasteiger partial charge in [-0.1, -0.05) is 24.3 Å². The summed E-state index contributed by atoms with van der Waals surface area (Å²) in [6.07, 6.45) is -18.7. The number of imidazole rings is 2. The van der Waals surface area contributed by atoms with Crippen LogP contribution in [-0.2, 0) is 51.2 Å². The van der Waals surface area contributed by atoms with Crippen LogP contribution in [0, 0.1) is 12.7 Å². The van der Waals surface area contributed by atoms with Crippen LogP contribution < -0.4 is 0 Å². The molecule has 4 heterocycles. The van der Waals surface area contributed by atoms with E-state index in [1.54, 1.807) is 12.7 Å². The van der Waals surface area contributed by atoms with E-state index in [1.165, 1.54) is 26.0 Å². The predicted octanol–water partition coefficient (Wildman–Crippen LogP) is 6.85. The van der Waals surface area contributed by atoms with Gasteiger partial charge in [-0.2, -0.15) is 52.7 Å². The van der Waals surface area contributed by atoms with Gasteiger partial charge in [0.1, 0.15) is 0 Å². The van der Waals surface area contributed by atoms with Gasteiger partial charge >= 0.3 is 45.8 Å². The quantitative estimate of drug-likeness (QED) is 0.168. The van der Waals surface area contributed by atoms with Crippen LogP contribution in [0.2, 0.25) is 0 Å². The van der Waals surface area contributed by atoms with Gasteiger partial charge in [-0.25, -0.2) is 0 Å². The molecule has 0 bridgehead atoms. The first kappa shape index (κ1) is 33.1. The van der Waals surface area contributed by atoms with E-state index in [-0.39, 0.29) is 41.6 Å². The summed E-state index contributed by atoms with van der Waals surface area (Å²) >= 11 is 0. The van der Waals surface area contributed by atoms with Crippen molar-refractivity contribution in [2.75, 3.05) is 0 Å². The molecule has 0 spiro atoms. The van der Waals surface area contributed by atoms with Gasteiger partial charge in [0.2, 0.25) is 0 Å². The largest absolute Gasteiger partial charge is 2.00 e. The Morgan fingerprint density at radius 3 is 1.17 bits per heavy atom. The maximum Gasteiger partial charge on any atom is 2.00 e. The smallest absolute Gasteiger partial charge is 0.407 e. The minimum Gasteiger partial charge on any atom is -0.407 e. The minimum absolute atomic E-state index is 0. The Morgan fingerprint density at radius 1 is 0.548 bits per heavy atom. The van der Waals surface area contributed by atoms with Gasteiger partial charge in [0.25, 0.3) is 0 Å². The summed E-state index contributed by atoms with van der Waals surface area (Å²) in [5, 5.41) is 0. The molecule has 0 amide bonds. The van der Waals surface area contributed by atoms with Crippen LogP contribution in [-0.4, -0.2) is 29.1 Å². The number of pyridine rings is 2. The van der Waals surface area contributed by atoms with E-state index >= 15 is 0 Å². The Balaban J connectivity index is 0.00000484. The van der Waals surface area contributed by atoms with Crippen molar-refractivity contribution in [2.24, 2.45) is 0 Å². The molecule has 0 saturated heterocycles. The van der Waals surface area contributed by atoms with E-state index in [1.807, 2.05) is 0 Å². The molecule has 4 rings (SSSR count). The topological polar surface area (TPSA) is 61.4 Å². The van der Waals surface area contributed by atoms with Gasteiger partial charge in [0, 0.05) is 40.8 Å². The number of alkyl halides is 12. The van der Waals surface area contributed by atoms with E-state index in [0.29, 0.717) is 0 Å². The number of halogens is 12. The fourth-order valence-corrected chi connectivity index (χ4v) is 3.79. The van der Waals surface area contributed by atoms with Gasteiger partial charge in [-0.05, 0) is 26.0 Å². The fourth-order valence-electron chi connectivity index (χ4n) is 3.79. The molecule has 0 unspecified atom stereocenters. The molecule has 0 saturated carbocycles. The Bertz CT molecular complexity index is 1460. The number of hydrogen-bond acceptors (Lipinski definition) is 4. The second kappa shape index (κ2) is 10.7. The Hall–Kier alpha value is -3.43. The number of aromatic nitrogens is 6. The summed E-state index contributed by atoms with van der Waals surface area (Å²) < 4.78 is 160. The zero-order valence-corrected chi connectivity index (χ0v) is 22.8. The van der Waals surface area contributed by atoms with E-state index in [2.05, 4.69) is 19.9 Å². The molecule has 0 aliphatic rings. The molecule has 228 valence electrons. The summed E-state index contributed by atoms with van der Waals surface area (Å²) in [5.41, 5.74) is -10.6. The maximum absolute atomic E-state index is 13.6. The fraction of sp³-hybridized carbons (Fsp3) is 0.304. The molecule has 0 radical (unpaired) electrons. The van der Waals surface area contributed by atoms with Gasteiger partial charge < -0.3 is 19.1 Å². The second-order valence-electron chi connectivity index (χ2n) is 8.87. The maximum atomic E-state index is 13.6. The van der Waals surface area contributed by atoms with Crippen molar-refractivity contribution in [3.63, 3.8) is 0 Å². The summed E-state index contributed by atoms with van der Waals surface area (Å²) in [6.45, 7) is 2.75. The third kappa shape index (κ3) is 6.17. The van der Waals surface area contributed by atoms with Gasteiger partial charge in [0.15, 0.2) is 0 Å². The van der Waals surface area contributed by atoms with Crippen molar-refractivity contribution in [2.45, 2.75) is 44.0 Å². The monoisotopic (exact) mass is 795 g/mol. The molecule has 42 heavy (non-hydrogen) atoms. The first-order valence-electron chi connectivity index (χ1n) is 10.9. The first-order chi connectivity index (χ1) is 18.6. The van der Waals surface area contributed by atoms with Crippen molar-refractivity contribution >= 4 is 0 Å². The molecule has 0 aliphatic heterocycles. The molecule has 4 aromatic rings. The molecule has 0 atom stereocenters. The zero-order valence-electron chi connectivity index (χ0n) is 20.5. The van der Waals surface area contributed by atoms with Gasteiger partial charge in [0.05, 0.1) is 23.0 Å². The summed E-state index contributed by atoms with van der Waals surface area (Å²) in [4.78, 5) is 13.4. The molecule has 4 aromatic heterocycles. The van der Waals surface area contributed by atoms with Gasteiger partial charge in [-0.15, -0.1) is 0 Å². The third-order valence-electron chi connectivity index (χ3n) is 5.70. The van der Waals surface area contributed by atoms with Crippen LogP contribution in [0.4, 0.5) is 52.7 Å². The Kier molecular flexibility index (Phi) is 8.41. The van der Waals surface area contributed by atoms with E-state index in [9.17, 15) is 52.7 Å². The normalized spacial score (nSPS) is 13.3. The Labute approximate surface area is 241 Å². The van der Waals surface area contributed by atoms with Crippen LogP contribution in [0.3, 0.4) is 0 Å². The molecule has 6 nitrogen and oxygen atoms in total. The second-order valence-corrected chi connectivity index (χ2v) is 8.87. The number of nitrogens with zero attached hydrogens (tertiary/aromatic N) is 6. The van der Waals surface area contributed by atoms with E-state index in [4.69, 9.17) is 0 Å². The molecule has 0 N–H and O–H groups in total. The average Bonchev–Trinajstić information content (AvgIpc) is 3.49. The van der Waals surface area contributed by atoms with Crippen molar-refractivity contribution in [1.29, 1.82) is 0 Å². The minimum atomic E-state index is -5.52. The third-order valence-corrected chi connectivity index (χ3v) is 5.70. The van der Waals surface area contributed by atoms with Crippen LogP contribution >= 0.6 is 0 Å². The zero-order chi connectivity index (χ0) is 30.8. The van der Waals surface area contributed by atoms with Crippen LogP contribution in [0.15, 0.2) is 36.4 Å². The molecule has 0 fully saturated rings. The molecule has 0 aromatic carbocycles. The first-order valence-corrected chi connectivity index (χ1v) is 10.9. The molecular formula is C23H12F12N6Pt. The van der Waals surface area contributed by atoms with Crippen molar-refractivity contribution < 1.29 is 73.8 Å². The summed E-state index contributed by atoms with van der Waals surface area (Å²) in [7, 11) is 0. The average molecular weight is 795 g/mol.